The van der Waals surface area contributed by atoms with Gasteiger partial charge in [0.05, 0.1) is 6.20 Å². The molecular weight excluding hydrogens is 460 g/mol. The third-order valence-electron chi connectivity index (χ3n) is 6.98. The Morgan fingerprint density at radius 2 is 1.74 bits per heavy atom. The normalized spacial score (nSPS) is 18.8. The summed E-state index contributed by atoms with van der Waals surface area (Å²) in [4.78, 5) is 9.15. The number of nitrogens with zero attached hydrogens (tertiary/aromatic N) is 3. The maximum Gasteiger partial charge on any atom is 0.242 e. The van der Waals surface area contributed by atoms with E-state index in [1.807, 2.05) is 30.3 Å². The Morgan fingerprint density at radius 3 is 2.46 bits per heavy atom. The van der Waals surface area contributed by atoms with Gasteiger partial charge in [0.2, 0.25) is 15.9 Å². The van der Waals surface area contributed by atoms with Crippen molar-refractivity contribution >= 4 is 15.7 Å². The molecule has 2 aromatic carbocycles. The van der Waals surface area contributed by atoms with Gasteiger partial charge in [0.25, 0.3) is 0 Å². The zero-order valence-electron chi connectivity index (χ0n) is 20.3. The molecule has 1 N–H and O–H groups in total. The van der Waals surface area contributed by atoms with Crippen molar-refractivity contribution in [3.63, 3.8) is 0 Å². The van der Waals surface area contributed by atoms with Gasteiger partial charge in [-0.3, -0.25) is 0 Å². The highest BCUT2D eigenvalue weighted by atomic mass is 32.2. The molecule has 0 radical (unpaired) electrons. The number of rotatable bonds is 6. The van der Waals surface area contributed by atoms with Crippen molar-refractivity contribution in [3.05, 3.63) is 77.5 Å². The van der Waals surface area contributed by atoms with Crippen LogP contribution in [0.25, 0.3) is 0 Å². The molecule has 2 heterocycles. The summed E-state index contributed by atoms with van der Waals surface area (Å²) in [6.45, 7) is 6.21. The second-order valence-electron chi connectivity index (χ2n) is 9.46. The quantitative estimate of drug-likeness (QED) is 0.565. The van der Waals surface area contributed by atoms with E-state index in [4.69, 9.17) is 4.74 Å². The predicted molar refractivity (Wildman–Crippen MR) is 138 cm³/mol. The molecule has 1 saturated heterocycles. The van der Waals surface area contributed by atoms with E-state index in [9.17, 15) is 8.42 Å². The number of benzene rings is 2. The molecular formula is C27H32N4O3S. The van der Waals surface area contributed by atoms with Gasteiger partial charge in [-0.2, -0.15) is 0 Å². The van der Waals surface area contributed by atoms with Crippen LogP contribution in [0.2, 0.25) is 0 Å². The molecule has 0 bridgehead atoms. The third kappa shape index (κ3) is 5.34. The Morgan fingerprint density at radius 1 is 0.971 bits per heavy atom. The molecule has 3 aromatic rings. The summed E-state index contributed by atoms with van der Waals surface area (Å²) in [5.41, 5.74) is 5.21. The van der Waals surface area contributed by atoms with Crippen molar-refractivity contribution in [2.45, 2.75) is 37.1 Å². The van der Waals surface area contributed by atoms with E-state index in [0.29, 0.717) is 18.1 Å². The lowest BCUT2D eigenvalue weighted by atomic mass is 9.84. The number of aromatic nitrogens is 1. The van der Waals surface area contributed by atoms with Crippen molar-refractivity contribution in [3.8, 4) is 11.6 Å². The van der Waals surface area contributed by atoms with E-state index in [1.54, 1.807) is 12.1 Å². The lowest BCUT2D eigenvalue weighted by Crippen LogP contribution is -2.45. The van der Waals surface area contributed by atoms with E-state index in [1.165, 1.54) is 28.6 Å². The van der Waals surface area contributed by atoms with E-state index < -0.39 is 10.0 Å². The predicted octanol–water partition coefficient (Wildman–Crippen LogP) is 3.77. The molecule has 7 nitrogen and oxygen atoms in total. The number of aryl methyl sites for hydroxylation is 1. The van der Waals surface area contributed by atoms with Crippen LogP contribution in [0.1, 0.15) is 23.1 Å². The Labute approximate surface area is 207 Å². The summed E-state index contributed by atoms with van der Waals surface area (Å²) in [6, 6.07) is 16.7. The topological polar surface area (TPSA) is 74.8 Å². The molecule has 1 fully saturated rings. The van der Waals surface area contributed by atoms with Gasteiger partial charge in [-0.25, -0.2) is 18.1 Å². The van der Waals surface area contributed by atoms with Crippen LogP contribution >= 0.6 is 0 Å². The molecule has 184 valence electrons. The molecule has 0 saturated carbocycles. The largest absolute Gasteiger partial charge is 0.439 e. The summed E-state index contributed by atoms with van der Waals surface area (Å²) in [5, 5.41) is 0. The number of fused-ring (bicyclic) bond motifs is 1. The zero-order chi connectivity index (χ0) is 24.4. The Bertz CT molecular complexity index is 1270. The fraction of sp³-hybridized carbons (Fsp3) is 0.370. The molecule has 35 heavy (non-hydrogen) atoms. The molecule has 0 amide bonds. The van der Waals surface area contributed by atoms with Gasteiger partial charge in [-0.05, 0) is 74.2 Å². The molecule has 5 rings (SSSR count). The van der Waals surface area contributed by atoms with Gasteiger partial charge in [0.15, 0.2) is 0 Å². The number of nitrogens with one attached hydrogen (secondary N) is 1. The molecule has 0 unspecified atom stereocenters. The average Bonchev–Trinajstić information content (AvgIpc) is 2.86. The van der Waals surface area contributed by atoms with Crippen LogP contribution in [0.15, 0.2) is 65.7 Å². The fourth-order valence-electron chi connectivity index (χ4n) is 4.97. The molecule has 0 spiro atoms. The first kappa shape index (κ1) is 23.8. The Kier molecular flexibility index (Phi) is 6.77. The number of hydrogen-bond acceptors (Lipinski definition) is 6. The van der Waals surface area contributed by atoms with Crippen molar-refractivity contribution < 1.29 is 13.2 Å². The van der Waals surface area contributed by atoms with Gasteiger partial charge in [-0.1, -0.05) is 24.3 Å². The molecule has 1 aliphatic heterocycles. The summed E-state index contributed by atoms with van der Waals surface area (Å²) in [5.74, 6) is 1.01. The van der Waals surface area contributed by atoms with E-state index in [0.717, 1.165) is 39.0 Å². The molecule has 1 aromatic heterocycles. The number of likely N-dealkylation sites (N-methyl/N-ethyl adjacent to an activating group) is 1. The van der Waals surface area contributed by atoms with Crippen LogP contribution in [0.3, 0.4) is 0 Å². The summed E-state index contributed by atoms with van der Waals surface area (Å²) < 4.78 is 35.0. The Hall–Kier alpha value is -2.94. The maximum atomic E-state index is 13.2. The highest BCUT2D eigenvalue weighted by Crippen LogP contribution is 2.34. The van der Waals surface area contributed by atoms with Gasteiger partial charge in [0, 0.05) is 44.0 Å². The summed E-state index contributed by atoms with van der Waals surface area (Å²) in [7, 11) is -1.54. The average molecular weight is 493 g/mol. The Balaban J connectivity index is 1.30. The van der Waals surface area contributed by atoms with Crippen molar-refractivity contribution in [1.29, 1.82) is 0 Å². The molecule has 1 atom stereocenters. The second kappa shape index (κ2) is 9.97. The molecule has 1 aliphatic carbocycles. The van der Waals surface area contributed by atoms with Crippen LogP contribution in [0, 0.1) is 6.92 Å². The summed E-state index contributed by atoms with van der Waals surface area (Å²) >= 11 is 0. The number of piperazine rings is 1. The first-order valence-corrected chi connectivity index (χ1v) is 13.6. The van der Waals surface area contributed by atoms with Gasteiger partial charge in [0.1, 0.15) is 10.6 Å². The van der Waals surface area contributed by atoms with Crippen molar-refractivity contribution in [2.24, 2.45) is 0 Å². The first-order chi connectivity index (χ1) is 16.9. The van der Waals surface area contributed by atoms with Crippen molar-refractivity contribution in [1.82, 2.24) is 14.6 Å². The number of sulfonamides is 1. The monoisotopic (exact) mass is 492 g/mol. The number of hydrogen-bond donors (Lipinski definition) is 1. The van der Waals surface area contributed by atoms with E-state index in [2.05, 4.69) is 45.6 Å². The lowest BCUT2D eigenvalue weighted by molar-refractivity contribution is 0.312. The zero-order valence-corrected chi connectivity index (χ0v) is 21.1. The first-order valence-electron chi connectivity index (χ1n) is 12.2. The highest BCUT2D eigenvalue weighted by molar-refractivity contribution is 7.89. The maximum absolute atomic E-state index is 13.2. The molecule has 2 aliphatic rings. The van der Waals surface area contributed by atoms with E-state index >= 15 is 0 Å². The lowest BCUT2D eigenvalue weighted by Gasteiger charge is -2.37. The van der Waals surface area contributed by atoms with Gasteiger partial charge < -0.3 is 14.5 Å². The number of ether oxygens (including phenoxy) is 1. The van der Waals surface area contributed by atoms with Gasteiger partial charge >= 0.3 is 0 Å². The van der Waals surface area contributed by atoms with E-state index in [-0.39, 0.29) is 10.9 Å². The third-order valence-corrected chi connectivity index (χ3v) is 8.49. The minimum atomic E-state index is -3.70. The van der Waals surface area contributed by atoms with Crippen LogP contribution in [-0.4, -0.2) is 57.6 Å². The fourth-order valence-corrected chi connectivity index (χ4v) is 6.18. The minimum Gasteiger partial charge on any atom is -0.439 e. The van der Waals surface area contributed by atoms with Gasteiger partial charge in [-0.15, -0.1) is 0 Å². The minimum absolute atomic E-state index is 0.146. The SMILES string of the molecule is Cc1ccc(N2CCN(C)CC2)c2c1CC[C@@H](NS(=O)(=O)c1ccc(Oc3ccccc3)nc1)C2. The van der Waals surface area contributed by atoms with Crippen LogP contribution in [0.5, 0.6) is 11.6 Å². The second-order valence-corrected chi connectivity index (χ2v) is 11.2. The van der Waals surface area contributed by atoms with Crippen LogP contribution in [0.4, 0.5) is 5.69 Å². The standard InChI is InChI=1S/C27H32N4O3S/c1-20-8-12-26(31-16-14-30(2)15-17-31)25-18-21(9-11-24(20)25)29-35(32,33)23-10-13-27(28-19-23)34-22-6-4-3-5-7-22/h3-8,10,12-13,19,21,29H,9,11,14-18H2,1-2H3/t21-/m1/s1. The number of pyridine rings is 1. The number of anilines is 1. The summed E-state index contributed by atoms with van der Waals surface area (Å²) in [6.07, 6.45) is 3.71. The molecule has 8 heteroatoms. The van der Waals surface area contributed by atoms with Crippen molar-refractivity contribution in [2.75, 3.05) is 38.1 Å². The smallest absolute Gasteiger partial charge is 0.242 e. The van der Waals surface area contributed by atoms with Crippen LogP contribution < -0.4 is 14.4 Å². The van der Waals surface area contributed by atoms with Crippen LogP contribution in [-0.2, 0) is 22.9 Å². The highest BCUT2D eigenvalue weighted by Gasteiger charge is 2.29. The number of para-hydroxylation sites is 1.